The van der Waals surface area contributed by atoms with Gasteiger partial charge in [-0.25, -0.2) is 0 Å². The molecular weight excluding hydrogens is 228 g/mol. The maximum Gasteiger partial charge on any atom is 0.193 e. The van der Waals surface area contributed by atoms with E-state index in [1.54, 1.807) is 12.1 Å². The minimum absolute atomic E-state index is 0.0519. The van der Waals surface area contributed by atoms with Gasteiger partial charge in [0, 0.05) is 21.5 Å². The van der Waals surface area contributed by atoms with Gasteiger partial charge in [-0.2, -0.15) is 11.3 Å². The van der Waals surface area contributed by atoms with Gasteiger partial charge in [0.05, 0.1) is 0 Å². The van der Waals surface area contributed by atoms with Crippen LogP contribution in [0.15, 0.2) is 35.0 Å². The largest absolute Gasteiger partial charge is 0.289 e. The highest BCUT2D eigenvalue weighted by atomic mass is 35.5. The minimum atomic E-state index is 0.0519. The van der Waals surface area contributed by atoms with Gasteiger partial charge in [0.2, 0.25) is 0 Å². The van der Waals surface area contributed by atoms with Crippen LogP contribution < -0.4 is 0 Å². The fourth-order valence-corrected chi connectivity index (χ4v) is 2.10. The van der Waals surface area contributed by atoms with Crippen molar-refractivity contribution in [2.75, 3.05) is 0 Å². The smallest absolute Gasteiger partial charge is 0.193 e. The first kappa shape index (κ1) is 10.4. The lowest BCUT2D eigenvalue weighted by Gasteiger charge is -2.01. The van der Waals surface area contributed by atoms with Gasteiger partial charge in [-0.3, -0.25) is 4.79 Å². The molecule has 2 aromatic rings. The summed E-state index contributed by atoms with van der Waals surface area (Å²) in [6.45, 7) is 1.90. The zero-order valence-electron chi connectivity index (χ0n) is 8.16. The third kappa shape index (κ3) is 2.11. The van der Waals surface area contributed by atoms with Crippen molar-refractivity contribution < 1.29 is 4.79 Å². The molecule has 1 heterocycles. The van der Waals surface area contributed by atoms with E-state index in [0.717, 1.165) is 11.1 Å². The Bertz CT molecular complexity index is 488. The van der Waals surface area contributed by atoms with E-state index in [9.17, 15) is 4.79 Å². The number of benzene rings is 1. The molecule has 0 saturated heterocycles. The number of halogens is 1. The molecule has 0 fully saturated rings. The lowest BCUT2D eigenvalue weighted by molar-refractivity contribution is 0.103. The number of rotatable bonds is 2. The van der Waals surface area contributed by atoms with Crippen molar-refractivity contribution in [2.45, 2.75) is 6.92 Å². The molecule has 1 nitrogen and oxygen atoms in total. The molecule has 0 amide bonds. The highest BCUT2D eigenvalue weighted by Gasteiger charge is 2.09. The Morgan fingerprint density at radius 3 is 2.67 bits per heavy atom. The van der Waals surface area contributed by atoms with E-state index in [1.165, 1.54) is 11.3 Å². The fraction of sp³-hybridized carbons (Fsp3) is 0.0833. The van der Waals surface area contributed by atoms with Gasteiger partial charge in [0.15, 0.2) is 5.78 Å². The van der Waals surface area contributed by atoms with Gasteiger partial charge in [-0.05, 0) is 42.1 Å². The lowest BCUT2D eigenvalue weighted by atomic mass is 10.0. The molecule has 3 heteroatoms. The lowest BCUT2D eigenvalue weighted by Crippen LogP contribution is -1.99. The summed E-state index contributed by atoms with van der Waals surface area (Å²) in [5, 5.41) is 4.44. The van der Waals surface area contributed by atoms with Crippen LogP contribution in [0.2, 0.25) is 5.02 Å². The van der Waals surface area contributed by atoms with E-state index in [-0.39, 0.29) is 5.78 Å². The van der Waals surface area contributed by atoms with Crippen LogP contribution >= 0.6 is 22.9 Å². The Labute approximate surface area is 97.3 Å². The fourth-order valence-electron chi connectivity index (χ4n) is 1.35. The standard InChI is InChI=1S/C12H9ClOS/c1-8-6-9(2-3-11(8)13)12(14)10-4-5-15-7-10/h2-7H,1H3. The quantitative estimate of drug-likeness (QED) is 0.722. The van der Waals surface area contributed by atoms with Crippen LogP contribution in [0.5, 0.6) is 0 Å². The molecule has 0 saturated carbocycles. The predicted molar refractivity (Wildman–Crippen MR) is 63.9 cm³/mol. The van der Waals surface area contributed by atoms with Crippen molar-refractivity contribution in [2.24, 2.45) is 0 Å². The van der Waals surface area contributed by atoms with Crippen LogP contribution in [-0.4, -0.2) is 5.78 Å². The summed E-state index contributed by atoms with van der Waals surface area (Å²) in [6.07, 6.45) is 0. The maximum atomic E-state index is 11.9. The predicted octanol–water partition coefficient (Wildman–Crippen LogP) is 3.94. The number of hydrogen-bond donors (Lipinski definition) is 0. The highest BCUT2D eigenvalue weighted by Crippen LogP contribution is 2.19. The molecule has 0 aliphatic carbocycles. The summed E-state index contributed by atoms with van der Waals surface area (Å²) in [4.78, 5) is 11.9. The first-order valence-corrected chi connectivity index (χ1v) is 5.83. The van der Waals surface area contributed by atoms with Gasteiger partial charge >= 0.3 is 0 Å². The normalized spacial score (nSPS) is 10.3. The van der Waals surface area contributed by atoms with E-state index < -0.39 is 0 Å². The molecule has 0 N–H and O–H groups in total. The Morgan fingerprint density at radius 2 is 2.07 bits per heavy atom. The van der Waals surface area contributed by atoms with Gasteiger partial charge in [0.1, 0.15) is 0 Å². The second-order valence-corrected chi connectivity index (χ2v) is 4.49. The molecule has 0 aliphatic rings. The average Bonchev–Trinajstić information content (AvgIpc) is 2.74. The van der Waals surface area contributed by atoms with Crippen molar-refractivity contribution >= 4 is 28.7 Å². The number of thiophene rings is 1. The minimum Gasteiger partial charge on any atom is -0.289 e. The van der Waals surface area contributed by atoms with Crippen LogP contribution in [0.1, 0.15) is 21.5 Å². The Balaban J connectivity index is 2.39. The third-order valence-electron chi connectivity index (χ3n) is 2.20. The topological polar surface area (TPSA) is 17.1 Å². The molecule has 0 unspecified atom stereocenters. The first-order chi connectivity index (χ1) is 7.18. The van der Waals surface area contributed by atoms with Crippen LogP contribution in [0.25, 0.3) is 0 Å². The molecule has 0 aliphatic heterocycles. The molecular formula is C12H9ClOS. The van der Waals surface area contributed by atoms with E-state index in [1.807, 2.05) is 29.8 Å². The second kappa shape index (κ2) is 4.17. The summed E-state index contributed by atoms with van der Waals surface area (Å²) in [5.41, 5.74) is 2.36. The molecule has 1 aromatic carbocycles. The van der Waals surface area contributed by atoms with E-state index >= 15 is 0 Å². The SMILES string of the molecule is Cc1cc(C(=O)c2ccsc2)ccc1Cl. The van der Waals surface area contributed by atoms with E-state index in [4.69, 9.17) is 11.6 Å². The van der Waals surface area contributed by atoms with Gasteiger partial charge < -0.3 is 0 Å². The monoisotopic (exact) mass is 236 g/mol. The zero-order chi connectivity index (χ0) is 10.8. The third-order valence-corrected chi connectivity index (χ3v) is 3.31. The molecule has 76 valence electrons. The number of aryl methyl sites for hydroxylation is 1. The van der Waals surface area contributed by atoms with Crippen molar-refractivity contribution in [3.63, 3.8) is 0 Å². The summed E-state index contributed by atoms with van der Waals surface area (Å²) in [7, 11) is 0. The Kier molecular flexibility index (Phi) is 2.89. The first-order valence-electron chi connectivity index (χ1n) is 4.51. The van der Waals surface area contributed by atoms with Gasteiger partial charge in [0.25, 0.3) is 0 Å². The second-order valence-electron chi connectivity index (χ2n) is 3.31. The van der Waals surface area contributed by atoms with E-state index in [0.29, 0.717) is 10.6 Å². The van der Waals surface area contributed by atoms with Crippen LogP contribution in [0, 0.1) is 6.92 Å². The molecule has 15 heavy (non-hydrogen) atoms. The number of carbonyl (C=O) groups excluding carboxylic acids is 1. The van der Waals surface area contributed by atoms with Crippen molar-refractivity contribution in [1.82, 2.24) is 0 Å². The molecule has 2 rings (SSSR count). The van der Waals surface area contributed by atoms with Crippen LogP contribution in [0.3, 0.4) is 0 Å². The summed E-state index contributed by atoms with van der Waals surface area (Å²) >= 11 is 7.42. The van der Waals surface area contributed by atoms with Gasteiger partial charge in [-0.15, -0.1) is 0 Å². The molecule has 1 aromatic heterocycles. The van der Waals surface area contributed by atoms with Crippen molar-refractivity contribution in [1.29, 1.82) is 0 Å². The Hall–Kier alpha value is -1.12. The zero-order valence-corrected chi connectivity index (χ0v) is 9.73. The maximum absolute atomic E-state index is 11.9. The van der Waals surface area contributed by atoms with Crippen LogP contribution in [0.4, 0.5) is 0 Å². The molecule has 0 spiro atoms. The average molecular weight is 237 g/mol. The van der Waals surface area contributed by atoms with Crippen molar-refractivity contribution in [3.05, 3.63) is 56.7 Å². The Morgan fingerprint density at radius 1 is 1.27 bits per heavy atom. The van der Waals surface area contributed by atoms with E-state index in [2.05, 4.69) is 0 Å². The van der Waals surface area contributed by atoms with Crippen molar-refractivity contribution in [3.8, 4) is 0 Å². The van der Waals surface area contributed by atoms with Gasteiger partial charge in [-0.1, -0.05) is 11.6 Å². The number of carbonyl (C=O) groups is 1. The van der Waals surface area contributed by atoms with Crippen LogP contribution in [-0.2, 0) is 0 Å². The highest BCUT2D eigenvalue weighted by molar-refractivity contribution is 7.08. The molecule has 0 radical (unpaired) electrons. The summed E-state index contributed by atoms with van der Waals surface area (Å²) < 4.78 is 0. The number of ketones is 1. The molecule has 0 atom stereocenters. The number of hydrogen-bond acceptors (Lipinski definition) is 2. The summed E-state index contributed by atoms with van der Waals surface area (Å²) in [6, 6.07) is 7.17. The molecule has 0 bridgehead atoms. The summed E-state index contributed by atoms with van der Waals surface area (Å²) in [5.74, 6) is 0.0519.